The van der Waals surface area contributed by atoms with E-state index < -0.39 is 22.4 Å². The van der Waals surface area contributed by atoms with Crippen LogP contribution in [0.4, 0.5) is 5.69 Å². The molecule has 1 aliphatic rings. The number of non-ortho nitro benzene ring substituents is 1. The lowest BCUT2D eigenvalue weighted by atomic mass is 9.83. The van der Waals surface area contributed by atoms with Crippen molar-refractivity contribution in [3.05, 3.63) is 104 Å². The number of ketones is 2. The molecule has 0 atom stereocenters. The highest BCUT2D eigenvalue weighted by molar-refractivity contribution is 6.29. The molecule has 0 spiro atoms. The number of phenolic OH excluding ortho intramolecular Hbond substituents is 1. The first-order valence-electron chi connectivity index (χ1n) is 8.83. The fourth-order valence-corrected chi connectivity index (χ4v) is 3.27. The van der Waals surface area contributed by atoms with E-state index in [0.717, 1.165) is 0 Å². The van der Waals surface area contributed by atoms with Crippen LogP contribution in [0.25, 0.3) is 0 Å². The summed E-state index contributed by atoms with van der Waals surface area (Å²) < 4.78 is 5.15. The van der Waals surface area contributed by atoms with E-state index in [9.17, 15) is 29.6 Å². The number of hydrogen-bond donors (Lipinski definition) is 1. The van der Waals surface area contributed by atoms with Crippen molar-refractivity contribution in [2.24, 2.45) is 0 Å². The SMILES string of the molecule is O=C(OCc1ccc2c(c1O)C(=O)c1ccccc1C2=O)c1ccc([N+](=O)[O-])cc1. The highest BCUT2D eigenvalue weighted by Gasteiger charge is 2.32. The van der Waals surface area contributed by atoms with Crippen LogP contribution in [0.5, 0.6) is 5.75 Å². The third-order valence-corrected chi connectivity index (χ3v) is 4.82. The molecule has 0 heterocycles. The Labute approximate surface area is 169 Å². The summed E-state index contributed by atoms with van der Waals surface area (Å²) in [5.41, 5.74) is 0.520. The van der Waals surface area contributed by atoms with E-state index in [4.69, 9.17) is 4.74 Å². The molecule has 0 aliphatic heterocycles. The molecule has 3 aromatic rings. The van der Waals surface area contributed by atoms with Gasteiger partial charge in [0.1, 0.15) is 12.4 Å². The molecule has 0 unspecified atom stereocenters. The minimum Gasteiger partial charge on any atom is -0.507 e. The molecule has 0 saturated carbocycles. The number of nitro benzene ring substituents is 1. The van der Waals surface area contributed by atoms with Gasteiger partial charge in [-0.3, -0.25) is 19.7 Å². The second-order valence-electron chi connectivity index (χ2n) is 6.58. The number of benzene rings is 3. The van der Waals surface area contributed by atoms with Gasteiger partial charge in [0.15, 0.2) is 11.6 Å². The normalized spacial score (nSPS) is 12.1. The van der Waals surface area contributed by atoms with Gasteiger partial charge in [-0.15, -0.1) is 0 Å². The maximum atomic E-state index is 12.8. The molecule has 0 fully saturated rings. The number of fused-ring (bicyclic) bond motifs is 2. The molecule has 8 nitrogen and oxygen atoms in total. The summed E-state index contributed by atoms with van der Waals surface area (Å²) in [5, 5.41) is 21.3. The van der Waals surface area contributed by atoms with E-state index in [0.29, 0.717) is 0 Å². The lowest BCUT2D eigenvalue weighted by Crippen LogP contribution is -2.21. The van der Waals surface area contributed by atoms with E-state index in [1.807, 2.05) is 0 Å². The number of esters is 1. The fraction of sp³-hybridized carbons (Fsp3) is 0.0455. The predicted molar refractivity (Wildman–Crippen MR) is 104 cm³/mol. The molecule has 0 amide bonds. The molecule has 148 valence electrons. The van der Waals surface area contributed by atoms with Gasteiger partial charge in [-0.05, 0) is 18.2 Å². The Morgan fingerprint density at radius 3 is 2.17 bits per heavy atom. The van der Waals surface area contributed by atoms with Gasteiger partial charge in [0.05, 0.1) is 16.1 Å². The van der Waals surface area contributed by atoms with E-state index in [1.54, 1.807) is 18.2 Å². The third kappa shape index (κ3) is 3.10. The van der Waals surface area contributed by atoms with Crippen molar-refractivity contribution in [3.8, 4) is 5.75 Å². The maximum absolute atomic E-state index is 12.8. The molecule has 30 heavy (non-hydrogen) atoms. The number of ether oxygens (including phenoxy) is 1. The number of phenols is 1. The monoisotopic (exact) mass is 403 g/mol. The van der Waals surface area contributed by atoms with Crippen LogP contribution in [0.15, 0.2) is 60.7 Å². The van der Waals surface area contributed by atoms with Gasteiger partial charge in [0, 0.05) is 34.4 Å². The summed E-state index contributed by atoms with van der Waals surface area (Å²) in [5.74, 6) is -2.03. The Hall–Kier alpha value is -4.33. The van der Waals surface area contributed by atoms with Crippen LogP contribution in [-0.4, -0.2) is 27.6 Å². The van der Waals surface area contributed by atoms with Crippen LogP contribution in [0.1, 0.15) is 47.8 Å². The Kier molecular flexibility index (Phi) is 4.59. The highest BCUT2D eigenvalue weighted by Crippen LogP contribution is 2.35. The molecular formula is C22H13NO7. The molecule has 4 rings (SSSR count). The standard InChI is InChI=1S/C22H13NO7/c24-19-13(11-30-22(27)12-5-8-14(9-6-12)23(28)29)7-10-17-18(19)21(26)16-4-2-1-3-15(16)20(17)25/h1-10,24H,11H2. The Morgan fingerprint density at radius 2 is 1.53 bits per heavy atom. The number of carbonyl (C=O) groups excluding carboxylic acids is 3. The van der Waals surface area contributed by atoms with Crippen LogP contribution in [-0.2, 0) is 11.3 Å². The van der Waals surface area contributed by atoms with E-state index >= 15 is 0 Å². The van der Waals surface area contributed by atoms with Crippen molar-refractivity contribution in [2.75, 3.05) is 0 Å². The van der Waals surface area contributed by atoms with Crippen molar-refractivity contribution in [2.45, 2.75) is 6.61 Å². The third-order valence-electron chi connectivity index (χ3n) is 4.82. The molecule has 0 bridgehead atoms. The zero-order valence-corrected chi connectivity index (χ0v) is 15.3. The maximum Gasteiger partial charge on any atom is 0.338 e. The Bertz CT molecular complexity index is 1230. The molecule has 0 aromatic heterocycles. The number of hydrogen-bond acceptors (Lipinski definition) is 7. The zero-order valence-electron chi connectivity index (χ0n) is 15.3. The highest BCUT2D eigenvalue weighted by atomic mass is 16.6. The Balaban J connectivity index is 1.58. The molecule has 0 radical (unpaired) electrons. The molecule has 0 saturated heterocycles. The van der Waals surface area contributed by atoms with Crippen LogP contribution in [0.3, 0.4) is 0 Å². The first kappa shape index (κ1) is 19.0. The number of nitro groups is 1. The number of rotatable bonds is 4. The second kappa shape index (κ2) is 7.25. The second-order valence-corrected chi connectivity index (χ2v) is 6.58. The van der Waals surface area contributed by atoms with Gasteiger partial charge in [0.2, 0.25) is 0 Å². The van der Waals surface area contributed by atoms with Crippen molar-refractivity contribution in [1.82, 2.24) is 0 Å². The van der Waals surface area contributed by atoms with Gasteiger partial charge >= 0.3 is 5.97 Å². The van der Waals surface area contributed by atoms with Crippen LogP contribution < -0.4 is 0 Å². The smallest absolute Gasteiger partial charge is 0.338 e. The minimum atomic E-state index is -0.755. The lowest BCUT2D eigenvalue weighted by molar-refractivity contribution is -0.384. The van der Waals surface area contributed by atoms with E-state index in [2.05, 4.69) is 0 Å². The molecule has 1 N–H and O–H groups in total. The summed E-state index contributed by atoms with van der Waals surface area (Å²) in [6.45, 7) is -0.349. The first-order chi connectivity index (χ1) is 14.4. The summed E-state index contributed by atoms with van der Waals surface area (Å²) >= 11 is 0. The van der Waals surface area contributed by atoms with Crippen LogP contribution in [0.2, 0.25) is 0 Å². The molecule has 3 aromatic carbocycles. The van der Waals surface area contributed by atoms with E-state index in [-0.39, 0.29) is 51.5 Å². The van der Waals surface area contributed by atoms with Crippen molar-refractivity contribution in [3.63, 3.8) is 0 Å². The largest absolute Gasteiger partial charge is 0.507 e. The number of aromatic hydroxyl groups is 1. The summed E-state index contributed by atoms with van der Waals surface area (Å²) in [6.07, 6.45) is 0. The van der Waals surface area contributed by atoms with E-state index in [1.165, 1.54) is 42.5 Å². The summed E-state index contributed by atoms with van der Waals surface area (Å²) in [4.78, 5) is 47.7. The summed E-state index contributed by atoms with van der Waals surface area (Å²) in [7, 11) is 0. The van der Waals surface area contributed by atoms with Gasteiger partial charge < -0.3 is 9.84 Å². The fourth-order valence-electron chi connectivity index (χ4n) is 3.27. The number of nitrogens with zero attached hydrogens (tertiary/aromatic N) is 1. The van der Waals surface area contributed by atoms with Crippen molar-refractivity contribution >= 4 is 23.2 Å². The quantitative estimate of drug-likeness (QED) is 0.314. The zero-order chi connectivity index (χ0) is 21.4. The molecule has 8 heteroatoms. The summed E-state index contributed by atoms with van der Waals surface area (Å²) in [6, 6.07) is 14.0. The van der Waals surface area contributed by atoms with Gasteiger partial charge in [-0.2, -0.15) is 0 Å². The topological polar surface area (TPSA) is 124 Å². The predicted octanol–water partition coefficient (Wildman–Crippen LogP) is 3.43. The molecular weight excluding hydrogens is 390 g/mol. The van der Waals surface area contributed by atoms with Crippen LogP contribution in [0, 0.1) is 10.1 Å². The average Bonchev–Trinajstić information content (AvgIpc) is 2.76. The van der Waals surface area contributed by atoms with Crippen LogP contribution >= 0.6 is 0 Å². The molecule has 1 aliphatic carbocycles. The first-order valence-corrected chi connectivity index (χ1v) is 8.83. The average molecular weight is 403 g/mol. The minimum absolute atomic E-state index is 0.0849. The lowest BCUT2D eigenvalue weighted by Gasteiger charge is -2.19. The van der Waals surface area contributed by atoms with Gasteiger partial charge in [0.25, 0.3) is 5.69 Å². The van der Waals surface area contributed by atoms with Gasteiger partial charge in [-0.1, -0.05) is 30.3 Å². The van der Waals surface area contributed by atoms with Crippen molar-refractivity contribution < 1.29 is 29.2 Å². The number of carbonyl (C=O) groups is 3. The van der Waals surface area contributed by atoms with Crippen molar-refractivity contribution in [1.29, 1.82) is 0 Å². The van der Waals surface area contributed by atoms with Gasteiger partial charge in [-0.25, -0.2) is 4.79 Å². The Morgan fingerprint density at radius 1 is 0.900 bits per heavy atom.